The second kappa shape index (κ2) is 7.36. The Kier molecular flexibility index (Phi) is 5.46. The minimum atomic E-state index is -1.25. The molecule has 0 heterocycles. The van der Waals surface area contributed by atoms with E-state index >= 15 is 0 Å². The van der Waals surface area contributed by atoms with Gasteiger partial charge in [-0.15, -0.1) is 0 Å². The number of halogens is 1. The van der Waals surface area contributed by atoms with Gasteiger partial charge in [0.1, 0.15) is 5.75 Å². The van der Waals surface area contributed by atoms with Crippen molar-refractivity contribution in [2.75, 3.05) is 0 Å². The number of carbonyl (C=O) groups excluding carboxylic acids is 1. The molecule has 5 nitrogen and oxygen atoms in total. The average molecular weight is 348 g/mol. The Morgan fingerprint density at radius 2 is 1.67 bits per heavy atom. The van der Waals surface area contributed by atoms with Gasteiger partial charge in [0.25, 0.3) is 5.91 Å². The maximum absolute atomic E-state index is 12.5. The van der Waals surface area contributed by atoms with Gasteiger partial charge in [0.15, 0.2) is 11.6 Å². The lowest BCUT2D eigenvalue weighted by Crippen LogP contribution is -2.49. The molecule has 1 amide bonds. The summed E-state index contributed by atoms with van der Waals surface area (Å²) < 4.78 is 5.67. The van der Waals surface area contributed by atoms with Gasteiger partial charge >= 0.3 is 5.97 Å². The number of nitrogens with one attached hydrogen (secondary N) is 1. The van der Waals surface area contributed by atoms with Crippen LogP contribution in [0, 0.1) is 0 Å². The zero-order valence-electron chi connectivity index (χ0n) is 13.3. The van der Waals surface area contributed by atoms with E-state index in [9.17, 15) is 14.7 Å². The van der Waals surface area contributed by atoms with E-state index in [4.69, 9.17) is 16.3 Å². The summed E-state index contributed by atoms with van der Waals surface area (Å²) in [7, 11) is 0. The number of rotatable bonds is 6. The largest absolute Gasteiger partial charge is 0.479 e. The third kappa shape index (κ3) is 4.49. The van der Waals surface area contributed by atoms with Gasteiger partial charge in [0.05, 0.1) is 0 Å². The van der Waals surface area contributed by atoms with E-state index in [1.54, 1.807) is 68.4 Å². The predicted octanol–water partition coefficient (Wildman–Crippen LogP) is 3.44. The molecule has 2 N–H and O–H groups in total. The van der Waals surface area contributed by atoms with Crippen LogP contribution in [0.3, 0.4) is 0 Å². The zero-order valence-corrected chi connectivity index (χ0v) is 14.1. The lowest BCUT2D eigenvalue weighted by molar-refractivity contribution is -0.145. The minimum Gasteiger partial charge on any atom is -0.479 e. The molecule has 0 aromatic heterocycles. The van der Waals surface area contributed by atoms with E-state index in [1.807, 2.05) is 0 Å². The van der Waals surface area contributed by atoms with Gasteiger partial charge in [-0.25, -0.2) is 4.79 Å². The lowest BCUT2D eigenvalue weighted by Gasteiger charge is -2.27. The Bertz CT molecular complexity index is 714. The first-order valence-electron chi connectivity index (χ1n) is 7.33. The normalized spacial score (nSPS) is 12.3. The van der Waals surface area contributed by atoms with Crippen molar-refractivity contribution in [3.63, 3.8) is 0 Å². The minimum absolute atomic E-state index is 0.464. The van der Waals surface area contributed by atoms with E-state index in [0.29, 0.717) is 16.3 Å². The highest BCUT2D eigenvalue weighted by molar-refractivity contribution is 6.30. The van der Waals surface area contributed by atoms with Gasteiger partial charge < -0.3 is 15.2 Å². The number of carboxylic acid groups (broad SMARTS) is 1. The summed E-state index contributed by atoms with van der Waals surface area (Å²) in [4.78, 5) is 24.0. The molecule has 126 valence electrons. The van der Waals surface area contributed by atoms with Gasteiger partial charge in [0.2, 0.25) is 0 Å². The van der Waals surface area contributed by atoms with Crippen LogP contribution in [0.15, 0.2) is 54.6 Å². The SMILES string of the molecule is CC(C)(Oc1ccc(Cl)cc1)C(=O)NC(C(=O)O)c1ccccc1. The third-order valence-corrected chi connectivity index (χ3v) is 3.64. The Labute approximate surface area is 145 Å². The molecule has 2 rings (SSSR count). The number of carboxylic acids is 1. The Morgan fingerprint density at radius 1 is 1.08 bits per heavy atom. The highest BCUT2D eigenvalue weighted by atomic mass is 35.5. The smallest absolute Gasteiger partial charge is 0.330 e. The van der Waals surface area contributed by atoms with E-state index in [1.165, 1.54) is 0 Å². The van der Waals surface area contributed by atoms with Crippen LogP contribution in [0.2, 0.25) is 5.02 Å². The quantitative estimate of drug-likeness (QED) is 0.839. The number of aliphatic carboxylic acids is 1. The summed E-state index contributed by atoms with van der Waals surface area (Å²) in [6.07, 6.45) is 0. The van der Waals surface area contributed by atoms with E-state index in [0.717, 1.165) is 0 Å². The fourth-order valence-electron chi connectivity index (χ4n) is 2.08. The summed E-state index contributed by atoms with van der Waals surface area (Å²) in [6, 6.07) is 13.9. The molecular weight excluding hydrogens is 330 g/mol. The van der Waals surface area contributed by atoms with Crippen LogP contribution in [0.25, 0.3) is 0 Å². The molecule has 1 atom stereocenters. The van der Waals surface area contributed by atoms with Crippen molar-refractivity contribution in [1.82, 2.24) is 5.32 Å². The van der Waals surface area contributed by atoms with Crippen molar-refractivity contribution >= 4 is 23.5 Å². The summed E-state index contributed by atoms with van der Waals surface area (Å²) >= 11 is 5.82. The highest BCUT2D eigenvalue weighted by Crippen LogP contribution is 2.22. The molecule has 0 saturated heterocycles. The monoisotopic (exact) mass is 347 g/mol. The van der Waals surface area contributed by atoms with Crippen molar-refractivity contribution < 1.29 is 19.4 Å². The first kappa shape index (κ1) is 17.8. The Hall–Kier alpha value is -2.53. The van der Waals surface area contributed by atoms with Crippen LogP contribution in [-0.4, -0.2) is 22.6 Å². The Morgan fingerprint density at radius 3 is 2.21 bits per heavy atom. The van der Waals surface area contributed by atoms with Crippen molar-refractivity contribution in [3.05, 3.63) is 65.2 Å². The van der Waals surface area contributed by atoms with Crippen LogP contribution in [-0.2, 0) is 9.59 Å². The lowest BCUT2D eigenvalue weighted by atomic mass is 10.0. The third-order valence-electron chi connectivity index (χ3n) is 3.39. The van der Waals surface area contributed by atoms with Crippen LogP contribution < -0.4 is 10.1 Å². The molecule has 0 spiro atoms. The molecule has 1 unspecified atom stereocenters. The summed E-state index contributed by atoms with van der Waals surface area (Å²) in [6.45, 7) is 3.14. The standard InChI is InChI=1S/C18H18ClNO4/c1-18(2,24-14-10-8-13(19)9-11-14)17(23)20-15(16(21)22)12-6-4-3-5-7-12/h3-11,15H,1-2H3,(H,20,23)(H,21,22). The second-order valence-electron chi connectivity index (χ2n) is 5.72. The fraction of sp³-hybridized carbons (Fsp3) is 0.222. The molecule has 24 heavy (non-hydrogen) atoms. The molecule has 0 fully saturated rings. The molecule has 0 radical (unpaired) electrons. The number of hydrogen-bond donors (Lipinski definition) is 2. The predicted molar refractivity (Wildman–Crippen MR) is 91.1 cm³/mol. The van der Waals surface area contributed by atoms with Gasteiger partial charge in [-0.2, -0.15) is 0 Å². The molecule has 2 aromatic carbocycles. The molecule has 6 heteroatoms. The molecule has 0 aliphatic heterocycles. The van der Waals surface area contributed by atoms with Crippen molar-refractivity contribution in [2.45, 2.75) is 25.5 Å². The highest BCUT2D eigenvalue weighted by Gasteiger charge is 2.34. The van der Waals surface area contributed by atoms with E-state index < -0.39 is 23.5 Å². The van der Waals surface area contributed by atoms with Crippen molar-refractivity contribution in [3.8, 4) is 5.75 Å². The summed E-state index contributed by atoms with van der Waals surface area (Å²) in [5, 5.41) is 12.5. The topological polar surface area (TPSA) is 75.6 Å². The summed E-state index contributed by atoms with van der Waals surface area (Å²) in [5.74, 6) is -1.21. The fourth-order valence-corrected chi connectivity index (χ4v) is 2.21. The summed E-state index contributed by atoms with van der Waals surface area (Å²) in [5.41, 5.74) is -0.767. The van der Waals surface area contributed by atoms with Crippen LogP contribution in [0.1, 0.15) is 25.5 Å². The van der Waals surface area contributed by atoms with Crippen LogP contribution in [0.5, 0.6) is 5.75 Å². The number of amides is 1. The molecule has 0 saturated carbocycles. The van der Waals surface area contributed by atoms with Gasteiger partial charge in [-0.1, -0.05) is 41.9 Å². The second-order valence-corrected chi connectivity index (χ2v) is 6.16. The first-order valence-corrected chi connectivity index (χ1v) is 7.71. The van der Waals surface area contributed by atoms with Crippen molar-refractivity contribution in [1.29, 1.82) is 0 Å². The van der Waals surface area contributed by atoms with Gasteiger partial charge in [-0.3, -0.25) is 4.79 Å². The number of hydrogen-bond acceptors (Lipinski definition) is 3. The Balaban J connectivity index is 2.13. The van der Waals surface area contributed by atoms with E-state index in [-0.39, 0.29) is 0 Å². The maximum Gasteiger partial charge on any atom is 0.330 e. The van der Waals surface area contributed by atoms with E-state index in [2.05, 4.69) is 5.32 Å². The molecule has 2 aromatic rings. The molecular formula is C18H18ClNO4. The molecule has 0 aliphatic rings. The first-order chi connectivity index (χ1) is 11.3. The number of ether oxygens (including phenoxy) is 1. The number of carbonyl (C=O) groups is 2. The zero-order chi connectivity index (χ0) is 17.7. The molecule has 0 bridgehead atoms. The average Bonchev–Trinajstić information content (AvgIpc) is 2.54. The van der Waals surface area contributed by atoms with Crippen molar-refractivity contribution in [2.24, 2.45) is 0 Å². The number of benzene rings is 2. The maximum atomic E-state index is 12.5. The molecule has 0 aliphatic carbocycles. The van der Waals surface area contributed by atoms with Gasteiger partial charge in [0, 0.05) is 5.02 Å². The van der Waals surface area contributed by atoms with Gasteiger partial charge in [-0.05, 0) is 43.7 Å². The van der Waals surface area contributed by atoms with Crippen LogP contribution >= 0.6 is 11.6 Å². The van der Waals surface area contributed by atoms with Crippen LogP contribution in [0.4, 0.5) is 0 Å².